The van der Waals surface area contributed by atoms with Crippen LogP contribution in [0.4, 0.5) is 0 Å². The zero-order chi connectivity index (χ0) is 18.4. The Morgan fingerprint density at radius 1 is 0.962 bits per heavy atom. The molecule has 0 saturated heterocycles. The number of methoxy groups -OCH3 is 2. The predicted octanol–water partition coefficient (Wildman–Crippen LogP) is 3.77. The summed E-state index contributed by atoms with van der Waals surface area (Å²) in [4.78, 5) is 4.89. The number of aromatic nitrogens is 2. The summed E-state index contributed by atoms with van der Waals surface area (Å²) in [7, 11) is 3.31. The maximum absolute atomic E-state index is 5.62. The first-order valence-corrected chi connectivity index (χ1v) is 9.12. The Kier molecular flexibility index (Phi) is 6.12. The summed E-state index contributed by atoms with van der Waals surface area (Å²) in [5, 5.41) is 0. The van der Waals surface area contributed by atoms with Crippen LogP contribution in [0.5, 0.6) is 11.5 Å². The van der Waals surface area contributed by atoms with Crippen LogP contribution in [0.1, 0.15) is 30.7 Å². The van der Waals surface area contributed by atoms with Crippen LogP contribution in [0.25, 0.3) is 11.0 Å². The largest absolute Gasteiger partial charge is 0.493 e. The van der Waals surface area contributed by atoms with Crippen molar-refractivity contribution in [3.05, 3.63) is 53.9 Å². The van der Waals surface area contributed by atoms with E-state index >= 15 is 0 Å². The van der Waals surface area contributed by atoms with Gasteiger partial charge in [0.1, 0.15) is 5.82 Å². The topological polar surface area (TPSA) is 62.3 Å². The van der Waals surface area contributed by atoms with Crippen LogP contribution in [-0.4, -0.2) is 30.3 Å². The molecule has 0 radical (unpaired) electrons. The summed E-state index contributed by atoms with van der Waals surface area (Å²) in [6.07, 6.45) is 4.20. The first kappa shape index (κ1) is 18.3. The Labute approximate surface area is 154 Å². The second-order valence-electron chi connectivity index (χ2n) is 6.40. The highest BCUT2D eigenvalue weighted by Gasteiger charge is 2.15. The second kappa shape index (κ2) is 8.72. The lowest BCUT2D eigenvalue weighted by atomic mass is 10.2. The fourth-order valence-electron chi connectivity index (χ4n) is 3.24. The Morgan fingerprint density at radius 2 is 1.69 bits per heavy atom. The van der Waals surface area contributed by atoms with Gasteiger partial charge < -0.3 is 19.8 Å². The van der Waals surface area contributed by atoms with Gasteiger partial charge in [-0.2, -0.15) is 0 Å². The molecule has 0 aliphatic heterocycles. The average molecular weight is 353 g/mol. The number of benzene rings is 2. The molecule has 0 amide bonds. The highest BCUT2D eigenvalue weighted by Crippen LogP contribution is 2.33. The van der Waals surface area contributed by atoms with Crippen molar-refractivity contribution in [1.82, 2.24) is 9.55 Å². The Balaban J connectivity index is 2.00. The molecule has 3 aromatic rings. The van der Waals surface area contributed by atoms with E-state index in [1.165, 1.54) is 5.56 Å². The minimum absolute atomic E-state index is 0.707. The number of ether oxygens (including phenoxy) is 2. The van der Waals surface area contributed by atoms with E-state index in [4.69, 9.17) is 20.2 Å². The molecule has 5 heteroatoms. The van der Waals surface area contributed by atoms with Gasteiger partial charge in [-0.15, -0.1) is 0 Å². The molecule has 0 saturated carbocycles. The van der Waals surface area contributed by atoms with Crippen LogP contribution >= 0.6 is 0 Å². The number of rotatable bonds is 9. The van der Waals surface area contributed by atoms with Gasteiger partial charge in [0, 0.05) is 25.1 Å². The lowest BCUT2D eigenvalue weighted by Crippen LogP contribution is -2.06. The van der Waals surface area contributed by atoms with Gasteiger partial charge in [0.25, 0.3) is 0 Å². The first-order chi connectivity index (χ1) is 12.8. The summed E-state index contributed by atoms with van der Waals surface area (Å²) < 4.78 is 13.2. The highest BCUT2D eigenvalue weighted by molar-refractivity contribution is 5.80. The van der Waals surface area contributed by atoms with Crippen molar-refractivity contribution < 1.29 is 9.47 Å². The predicted molar refractivity (Wildman–Crippen MR) is 105 cm³/mol. The molecule has 0 spiro atoms. The third-order valence-electron chi connectivity index (χ3n) is 4.62. The number of hydrogen-bond acceptors (Lipinski definition) is 4. The van der Waals surface area contributed by atoms with E-state index < -0.39 is 0 Å². The second-order valence-corrected chi connectivity index (χ2v) is 6.40. The monoisotopic (exact) mass is 353 g/mol. The average Bonchev–Trinajstić information content (AvgIpc) is 3.01. The van der Waals surface area contributed by atoms with Crippen molar-refractivity contribution in [1.29, 1.82) is 0 Å². The number of fused-ring (bicyclic) bond motifs is 1. The molecule has 26 heavy (non-hydrogen) atoms. The van der Waals surface area contributed by atoms with Crippen LogP contribution < -0.4 is 15.2 Å². The standard InChI is InChI=1S/C21H27N3O2/c1-25-19-13-17-18(14-20(19)26-2)24(15-16-9-5-3-6-10-16)21(23-17)11-7-4-8-12-22/h3,5-6,9-10,13-14H,4,7-8,11-12,15,22H2,1-2H3. The maximum atomic E-state index is 5.62. The fraction of sp³-hybridized carbons (Fsp3) is 0.381. The molecule has 5 nitrogen and oxygen atoms in total. The molecule has 0 fully saturated rings. The summed E-state index contributed by atoms with van der Waals surface area (Å²) in [5.74, 6) is 2.53. The van der Waals surface area contributed by atoms with Crippen molar-refractivity contribution in [2.45, 2.75) is 32.2 Å². The minimum Gasteiger partial charge on any atom is -0.493 e. The van der Waals surface area contributed by atoms with Crippen molar-refractivity contribution >= 4 is 11.0 Å². The third-order valence-corrected chi connectivity index (χ3v) is 4.62. The number of nitrogens with zero attached hydrogens (tertiary/aromatic N) is 2. The minimum atomic E-state index is 0.707. The lowest BCUT2D eigenvalue weighted by molar-refractivity contribution is 0.355. The quantitative estimate of drug-likeness (QED) is 0.595. The molecule has 138 valence electrons. The van der Waals surface area contributed by atoms with E-state index in [1.807, 2.05) is 18.2 Å². The van der Waals surface area contributed by atoms with Gasteiger partial charge in [-0.1, -0.05) is 36.8 Å². The van der Waals surface area contributed by atoms with Gasteiger partial charge in [0.15, 0.2) is 11.5 Å². The van der Waals surface area contributed by atoms with Crippen LogP contribution in [-0.2, 0) is 13.0 Å². The number of nitrogens with two attached hydrogens (primary N) is 1. The number of hydrogen-bond donors (Lipinski definition) is 1. The van der Waals surface area contributed by atoms with Gasteiger partial charge in [0.2, 0.25) is 0 Å². The summed E-state index contributed by atoms with van der Waals surface area (Å²) in [6.45, 7) is 1.54. The van der Waals surface area contributed by atoms with E-state index in [9.17, 15) is 0 Å². The number of unbranched alkanes of at least 4 members (excludes halogenated alkanes) is 2. The highest BCUT2D eigenvalue weighted by atomic mass is 16.5. The first-order valence-electron chi connectivity index (χ1n) is 9.12. The van der Waals surface area contributed by atoms with E-state index in [2.05, 4.69) is 28.8 Å². The Bertz CT molecular complexity index is 843. The van der Waals surface area contributed by atoms with E-state index in [1.54, 1.807) is 14.2 Å². The molecule has 0 unspecified atom stereocenters. The molecule has 0 aliphatic carbocycles. The third kappa shape index (κ3) is 3.99. The molecular formula is C21H27N3O2. The van der Waals surface area contributed by atoms with Crippen LogP contribution in [0.2, 0.25) is 0 Å². The normalized spacial score (nSPS) is 11.0. The van der Waals surface area contributed by atoms with Crippen molar-refractivity contribution in [2.24, 2.45) is 5.73 Å². The summed E-state index contributed by atoms with van der Waals surface area (Å²) >= 11 is 0. The SMILES string of the molecule is COc1cc2nc(CCCCCN)n(Cc3ccccc3)c2cc1OC. The molecule has 0 aliphatic rings. The molecule has 2 aromatic carbocycles. The van der Waals surface area contributed by atoms with E-state index in [0.717, 1.165) is 61.4 Å². The number of imidazole rings is 1. The van der Waals surface area contributed by atoms with Crippen LogP contribution in [0.15, 0.2) is 42.5 Å². The molecule has 2 N–H and O–H groups in total. The van der Waals surface area contributed by atoms with Crippen molar-refractivity contribution in [2.75, 3.05) is 20.8 Å². The molecule has 0 bridgehead atoms. The zero-order valence-corrected chi connectivity index (χ0v) is 15.6. The van der Waals surface area contributed by atoms with Gasteiger partial charge >= 0.3 is 0 Å². The lowest BCUT2D eigenvalue weighted by Gasteiger charge is -2.11. The van der Waals surface area contributed by atoms with Crippen molar-refractivity contribution in [3.8, 4) is 11.5 Å². The molecule has 3 rings (SSSR count). The van der Waals surface area contributed by atoms with Gasteiger partial charge in [-0.25, -0.2) is 4.98 Å². The Morgan fingerprint density at radius 3 is 2.38 bits per heavy atom. The van der Waals surface area contributed by atoms with Crippen LogP contribution in [0, 0.1) is 0 Å². The smallest absolute Gasteiger partial charge is 0.163 e. The Hall–Kier alpha value is -2.53. The van der Waals surface area contributed by atoms with Gasteiger partial charge in [0.05, 0.1) is 25.3 Å². The van der Waals surface area contributed by atoms with Gasteiger partial charge in [-0.3, -0.25) is 0 Å². The summed E-state index contributed by atoms with van der Waals surface area (Å²) in [5.41, 5.74) is 8.88. The summed E-state index contributed by atoms with van der Waals surface area (Å²) in [6, 6.07) is 14.4. The maximum Gasteiger partial charge on any atom is 0.163 e. The van der Waals surface area contributed by atoms with Crippen molar-refractivity contribution in [3.63, 3.8) is 0 Å². The molecular weight excluding hydrogens is 326 g/mol. The molecule has 1 heterocycles. The molecule has 0 atom stereocenters. The fourth-order valence-corrected chi connectivity index (χ4v) is 3.24. The van der Waals surface area contributed by atoms with E-state index in [-0.39, 0.29) is 0 Å². The van der Waals surface area contributed by atoms with Crippen LogP contribution in [0.3, 0.4) is 0 Å². The van der Waals surface area contributed by atoms with E-state index in [0.29, 0.717) is 5.75 Å². The molecule has 1 aromatic heterocycles. The van der Waals surface area contributed by atoms with Gasteiger partial charge in [-0.05, 0) is 24.9 Å². The number of aryl methyl sites for hydroxylation is 1. The zero-order valence-electron chi connectivity index (χ0n) is 15.6.